The number of aromatic amines is 1. The van der Waals surface area contributed by atoms with Crippen LogP contribution in [-0.4, -0.2) is 20.7 Å². The van der Waals surface area contributed by atoms with Crippen LogP contribution in [0.15, 0.2) is 33.9 Å². The van der Waals surface area contributed by atoms with Gasteiger partial charge in [-0.2, -0.15) is 0 Å². The van der Waals surface area contributed by atoms with E-state index in [1.165, 1.54) is 10.1 Å². The SMILES string of the molecule is CCCn1c(=O)c2c([nH]c3[n+]2CCCN3c2cccc(C)c2)n(C)c1=O. The monoisotopic (exact) mass is 354 g/mol. The number of anilines is 2. The summed E-state index contributed by atoms with van der Waals surface area (Å²) in [6.45, 7) is 6.10. The van der Waals surface area contributed by atoms with Crippen LogP contribution in [0.4, 0.5) is 11.6 Å². The maximum atomic E-state index is 13.0. The van der Waals surface area contributed by atoms with Gasteiger partial charge >= 0.3 is 11.6 Å². The number of aromatic nitrogens is 4. The molecule has 7 nitrogen and oxygen atoms in total. The second-order valence-corrected chi connectivity index (χ2v) is 6.94. The third-order valence-electron chi connectivity index (χ3n) is 5.06. The normalized spacial score (nSPS) is 14.0. The molecule has 0 fully saturated rings. The molecule has 7 heteroatoms. The fourth-order valence-corrected chi connectivity index (χ4v) is 3.81. The lowest BCUT2D eigenvalue weighted by molar-refractivity contribution is -0.663. The molecule has 0 saturated carbocycles. The molecule has 0 aliphatic carbocycles. The van der Waals surface area contributed by atoms with Crippen LogP contribution in [0.25, 0.3) is 11.2 Å². The van der Waals surface area contributed by atoms with Gasteiger partial charge in [0, 0.05) is 20.0 Å². The van der Waals surface area contributed by atoms with E-state index in [1.54, 1.807) is 11.6 Å². The third-order valence-corrected chi connectivity index (χ3v) is 5.06. The molecule has 2 aromatic heterocycles. The van der Waals surface area contributed by atoms with Crippen LogP contribution < -0.4 is 20.7 Å². The first-order valence-electron chi connectivity index (χ1n) is 9.12. The van der Waals surface area contributed by atoms with E-state index in [9.17, 15) is 9.59 Å². The molecule has 0 spiro atoms. The van der Waals surface area contributed by atoms with Gasteiger partial charge in [0.25, 0.3) is 5.56 Å². The van der Waals surface area contributed by atoms with Gasteiger partial charge in [0.2, 0.25) is 11.2 Å². The van der Waals surface area contributed by atoms with Crippen LogP contribution in [0.3, 0.4) is 0 Å². The quantitative estimate of drug-likeness (QED) is 0.726. The predicted molar refractivity (Wildman–Crippen MR) is 101 cm³/mol. The maximum Gasteiger partial charge on any atom is 0.364 e. The molecule has 1 aliphatic heterocycles. The second kappa shape index (κ2) is 6.16. The van der Waals surface area contributed by atoms with E-state index in [2.05, 4.69) is 35.0 Å². The molecule has 3 heterocycles. The highest BCUT2D eigenvalue weighted by Gasteiger charge is 2.33. The summed E-state index contributed by atoms with van der Waals surface area (Å²) >= 11 is 0. The van der Waals surface area contributed by atoms with Gasteiger partial charge in [0.05, 0.1) is 13.1 Å². The summed E-state index contributed by atoms with van der Waals surface area (Å²) in [6, 6.07) is 8.31. The molecule has 26 heavy (non-hydrogen) atoms. The number of nitrogens with zero attached hydrogens (tertiary/aromatic N) is 4. The minimum Gasteiger partial charge on any atom is -0.267 e. The van der Waals surface area contributed by atoms with Gasteiger partial charge in [-0.25, -0.2) is 19.2 Å². The molecule has 0 atom stereocenters. The molecule has 0 amide bonds. The van der Waals surface area contributed by atoms with Crippen LogP contribution in [0.5, 0.6) is 0 Å². The van der Waals surface area contributed by atoms with Gasteiger partial charge in [-0.3, -0.25) is 13.9 Å². The highest BCUT2D eigenvalue weighted by atomic mass is 16.2. The number of H-pyrrole nitrogens is 1. The molecule has 0 bridgehead atoms. The minimum absolute atomic E-state index is 0.210. The number of fused-ring (bicyclic) bond motifs is 3. The second-order valence-electron chi connectivity index (χ2n) is 6.94. The Kier molecular flexibility index (Phi) is 3.94. The molecule has 0 saturated heterocycles. The molecular formula is C19H24N5O2+. The number of imidazole rings is 1. The fourth-order valence-electron chi connectivity index (χ4n) is 3.81. The number of rotatable bonds is 3. The third kappa shape index (κ3) is 2.38. The molecule has 3 aromatic rings. The lowest BCUT2D eigenvalue weighted by Gasteiger charge is -2.22. The van der Waals surface area contributed by atoms with Crippen LogP contribution in [0.1, 0.15) is 25.3 Å². The van der Waals surface area contributed by atoms with E-state index in [0.29, 0.717) is 17.7 Å². The summed E-state index contributed by atoms with van der Waals surface area (Å²) in [5, 5.41) is 0. The van der Waals surface area contributed by atoms with Crippen molar-refractivity contribution in [2.45, 2.75) is 39.8 Å². The average Bonchev–Trinajstić information content (AvgIpc) is 3.03. The number of aryl methyl sites for hydroxylation is 3. The van der Waals surface area contributed by atoms with Crippen molar-refractivity contribution in [3.8, 4) is 0 Å². The topological polar surface area (TPSA) is 66.9 Å². The molecule has 1 aromatic carbocycles. The van der Waals surface area contributed by atoms with Gasteiger partial charge in [-0.1, -0.05) is 19.1 Å². The Hall–Kier alpha value is -2.83. The standard InChI is InChI=1S/C19H23N5O2/c1-4-9-24-17(25)15-16(21(3)19(24)26)20-18-22(10-6-11-23(15)18)14-8-5-7-13(2)12-14/h5,7-8,12H,4,6,9-11H2,1-3H3/p+1. The summed E-state index contributed by atoms with van der Waals surface area (Å²) in [7, 11) is 1.72. The average molecular weight is 354 g/mol. The Morgan fingerprint density at radius 1 is 1.27 bits per heavy atom. The van der Waals surface area contributed by atoms with Gasteiger partial charge in [-0.15, -0.1) is 0 Å². The van der Waals surface area contributed by atoms with Crippen molar-refractivity contribution in [1.82, 2.24) is 14.1 Å². The zero-order chi connectivity index (χ0) is 18.4. The zero-order valence-electron chi connectivity index (χ0n) is 15.5. The van der Waals surface area contributed by atoms with Crippen molar-refractivity contribution in [1.29, 1.82) is 0 Å². The molecular weight excluding hydrogens is 330 g/mol. The number of hydrogen-bond donors (Lipinski definition) is 1. The molecule has 1 aliphatic rings. The van der Waals surface area contributed by atoms with E-state index in [-0.39, 0.29) is 11.2 Å². The number of hydrogen-bond acceptors (Lipinski definition) is 3. The van der Waals surface area contributed by atoms with Gasteiger partial charge in [-0.05, 0) is 31.0 Å². The van der Waals surface area contributed by atoms with Crippen molar-refractivity contribution >= 4 is 22.8 Å². The van der Waals surface area contributed by atoms with Gasteiger partial charge in [0.1, 0.15) is 5.69 Å². The number of nitrogens with one attached hydrogen (secondary N) is 1. The Morgan fingerprint density at radius 2 is 2.08 bits per heavy atom. The van der Waals surface area contributed by atoms with Crippen molar-refractivity contribution in [3.05, 3.63) is 50.7 Å². The predicted octanol–water partition coefficient (Wildman–Crippen LogP) is 1.58. The van der Waals surface area contributed by atoms with E-state index < -0.39 is 0 Å². The van der Waals surface area contributed by atoms with Crippen LogP contribution >= 0.6 is 0 Å². The first-order chi connectivity index (χ1) is 12.5. The van der Waals surface area contributed by atoms with Gasteiger partial charge < -0.3 is 0 Å². The van der Waals surface area contributed by atoms with Crippen molar-refractivity contribution in [2.24, 2.45) is 7.05 Å². The lowest BCUT2D eigenvalue weighted by atomic mass is 10.2. The highest BCUT2D eigenvalue weighted by Crippen LogP contribution is 2.26. The van der Waals surface area contributed by atoms with E-state index in [0.717, 1.165) is 37.6 Å². The van der Waals surface area contributed by atoms with Crippen molar-refractivity contribution in [2.75, 3.05) is 11.4 Å². The maximum absolute atomic E-state index is 13.0. The summed E-state index contributed by atoms with van der Waals surface area (Å²) < 4.78 is 4.91. The van der Waals surface area contributed by atoms with Crippen LogP contribution in [-0.2, 0) is 20.1 Å². The Bertz CT molecular complexity index is 1110. The largest absolute Gasteiger partial charge is 0.364 e. The minimum atomic E-state index is -0.273. The first kappa shape index (κ1) is 16.6. The summed E-state index contributed by atoms with van der Waals surface area (Å²) in [5.41, 5.74) is 2.95. The Labute approximate surface area is 151 Å². The van der Waals surface area contributed by atoms with Crippen LogP contribution in [0.2, 0.25) is 0 Å². The molecule has 4 rings (SSSR count). The first-order valence-corrected chi connectivity index (χ1v) is 9.12. The van der Waals surface area contributed by atoms with Crippen molar-refractivity contribution < 1.29 is 4.57 Å². The Balaban J connectivity index is 2.00. The van der Waals surface area contributed by atoms with E-state index >= 15 is 0 Å². The molecule has 1 N–H and O–H groups in total. The Morgan fingerprint density at radius 3 is 2.81 bits per heavy atom. The number of benzene rings is 1. The van der Waals surface area contributed by atoms with E-state index in [1.807, 2.05) is 17.6 Å². The summed E-state index contributed by atoms with van der Waals surface area (Å²) in [6.07, 6.45) is 1.68. The molecule has 136 valence electrons. The summed E-state index contributed by atoms with van der Waals surface area (Å²) in [5.74, 6) is 0.859. The van der Waals surface area contributed by atoms with Crippen molar-refractivity contribution in [3.63, 3.8) is 0 Å². The summed E-state index contributed by atoms with van der Waals surface area (Å²) in [4.78, 5) is 31.1. The smallest absolute Gasteiger partial charge is 0.267 e. The zero-order valence-corrected chi connectivity index (χ0v) is 15.5. The highest BCUT2D eigenvalue weighted by molar-refractivity contribution is 5.70. The lowest BCUT2D eigenvalue weighted by Crippen LogP contribution is -2.49. The van der Waals surface area contributed by atoms with Crippen LogP contribution in [0, 0.1) is 6.92 Å². The van der Waals surface area contributed by atoms with E-state index in [4.69, 9.17) is 0 Å². The van der Waals surface area contributed by atoms with Gasteiger partial charge in [0.15, 0.2) is 0 Å². The molecule has 0 radical (unpaired) electrons. The fraction of sp³-hybridized carbons (Fsp3) is 0.421. The molecule has 0 unspecified atom stereocenters.